The van der Waals surface area contributed by atoms with Crippen molar-refractivity contribution in [3.8, 4) is 0 Å². The van der Waals surface area contributed by atoms with Crippen LogP contribution in [0.5, 0.6) is 0 Å². The molecule has 114 valence electrons. The van der Waals surface area contributed by atoms with Crippen molar-refractivity contribution in [2.24, 2.45) is 11.6 Å². The molecule has 0 saturated heterocycles. The van der Waals surface area contributed by atoms with Gasteiger partial charge in [0.25, 0.3) is 0 Å². The Labute approximate surface area is 112 Å². The number of aliphatic hydroxyl groups excluding tert-OH is 5. The fraction of sp³-hybridized carbons (Fsp3) is 0.909. The molecule has 0 bridgehead atoms. The van der Waals surface area contributed by atoms with E-state index < -0.39 is 49.6 Å². The molecule has 0 unspecified atom stereocenters. The number of hydrogen-bond donors (Lipinski definition) is 6. The first-order valence-electron chi connectivity index (χ1n) is 6.43. The van der Waals surface area contributed by atoms with Crippen molar-refractivity contribution in [3.63, 3.8) is 0 Å². The van der Waals surface area contributed by atoms with Gasteiger partial charge in [0.05, 0.1) is 6.61 Å². The molecule has 0 aliphatic heterocycles. The average molecular weight is 282 g/mol. The third kappa shape index (κ3) is 5.81. The summed E-state index contributed by atoms with van der Waals surface area (Å²) in [7, 11) is 0. The first kappa shape index (κ1) is 16.3. The maximum absolute atomic E-state index is 11.6. The Balaban J connectivity index is 4.34. The molecule has 0 amide bonds. The topological polar surface area (TPSA) is 153 Å². The molecule has 5 atom stereocenters. The number of ether oxygens (including phenoxy) is 1. The summed E-state index contributed by atoms with van der Waals surface area (Å²) in [5, 5.41) is 46.1. The molecule has 0 aliphatic rings. The van der Waals surface area contributed by atoms with Crippen LogP contribution < -0.4 is 5.73 Å². The number of hydrogen-bond acceptors (Lipinski definition) is 8. The molecular formula is C11H23NO7. The van der Waals surface area contributed by atoms with Crippen molar-refractivity contribution < 1.29 is 36.5 Å². The molecule has 0 radical (unpaired) electrons. The van der Waals surface area contributed by atoms with E-state index in [0.717, 1.165) is 0 Å². The van der Waals surface area contributed by atoms with Crippen molar-refractivity contribution in [3.05, 3.63) is 0 Å². The Hall–Kier alpha value is -0.770. The fourth-order valence-electron chi connectivity index (χ4n) is 1.19. The lowest BCUT2D eigenvalue weighted by molar-refractivity contribution is -0.158. The minimum Gasteiger partial charge on any atom is -0.462 e. The third-order valence-corrected chi connectivity index (χ3v) is 2.64. The van der Waals surface area contributed by atoms with Crippen LogP contribution in [0, 0.1) is 5.92 Å². The van der Waals surface area contributed by atoms with Crippen molar-refractivity contribution in [1.82, 2.24) is 0 Å². The van der Waals surface area contributed by atoms with Crippen LogP contribution in [0.4, 0.5) is 0 Å². The molecule has 8 nitrogen and oxygen atoms in total. The average Bonchev–Trinajstić information content (AvgIpc) is 2.42. The summed E-state index contributed by atoms with van der Waals surface area (Å²) in [6.07, 6.45) is -6.81. The van der Waals surface area contributed by atoms with Crippen LogP contribution >= 0.6 is 0 Å². The molecule has 0 fully saturated rings. The van der Waals surface area contributed by atoms with Gasteiger partial charge in [-0.1, -0.05) is 13.8 Å². The Kier molecular flexibility index (Phi) is 7.21. The number of esters is 1. The van der Waals surface area contributed by atoms with Gasteiger partial charge in [-0.2, -0.15) is 0 Å². The highest BCUT2D eigenvalue weighted by Gasteiger charge is 2.31. The second-order valence-corrected chi connectivity index (χ2v) is 4.65. The molecule has 19 heavy (non-hydrogen) atoms. The van der Waals surface area contributed by atoms with Gasteiger partial charge < -0.3 is 36.0 Å². The standard InChI is InChI=1S/C11H23NO7/c1-5(2)8(12)11(18)19-4-7(15)10(17)9(16)6(14)3-13/h5-10,13-17H,3-4,12H2,1-2H3/t6-,7-,8+,9-,10-/m1/s1/i/hD. The number of carbonyl (C=O) groups excluding carboxylic acids is 1. The zero-order chi connectivity index (χ0) is 15.9. The zero-order valence-corrected chi connectivity index (χ0v) is 10.9. The van der Waals surface area contributed by atoms with Gasteiger partial charge >= 0.3 is 5.97 Å². The molecule has 0 heterocycles. The summed E-state index contributed by atoms with van der Waals surface area (Å²) in [6, 6.07) is -0.882. The zero-order valence-electron chi connectivity index (χ0n) is 11.9. The van der Waals surface area contributed by atoms with Gasteiger partial charge in [-0.05, 0) is 5.92 Å². The highest BCUT2D eigenvalue weighted by atomic mass is 16.5. The Morgan fingerprint density at radius 2 is 1.74 bits per heavy atom. The fourth-order valence-corrected chi connectivity index (χ4v) is 1.19. The first-order valence-corrected chi connectivity index (χ1v) is 5.93. The van der Waals surface area contributed by atoms with Gasteiger partial charge in [-0.3, -0.25) is 4.79 Å². The van der Waals surface area contributed by atoms with Crippen LogP contribution in [0.2, 0.25) is 1.41 Å². The molecule has 7 N–H and O–H groups in total. The predicted octanol–water partition coefficient (Wildman–Crippen LogP) is -3.05. The van der Waals surface area contributed by atoms with Gasteiger partial charge in [-0.15, -0.1) is 0 Å². The third-order valence-electron chi connectivity index (χ3n) is 2.64. The molecule has 8 heteroatoms. The van der Waals surface area contributed by atoms with E-state index >= 15 is 0 Å². The normalized spacial score (nSPS) is 20.3. The van der Waals surface area contributed by atoms with Gasteiger partial charge in [0, 0.05) is 0 Å². The lowest BCUT2D eigenvalue weighted by Crippen LogP contribution is -2.48. The Morgan fingerprint density at radius 1 is 1.21 bits per heavy atom. The van der Waals surface area contributed by atoms with Crippen LogP contribution in [0.1, 0.15) is 13.8 Å². The van der Waals surface area contributed by atoms with Crippen LogP contribution in [-0.4, -0.2) is 75.2 Å². The molecule has 0 spiro atoms. The summed E-state index contributed by atoms with van der Waals surface area (Å²) in [5.41, 5.74) is 2.01. The number of aliphatic hydroxyl groups is 5. The van der Waals surface area contributed by atoms with Crippen LogP contribution in [0.25, 0.3) is 0 Å². The molecular weight excluding hydrogens is 258 g/mol. The maximum Gasteiger partial charge on any atom is 0.323 e. The molecule has 0 saturated carbocycles. The second kappa shape index (κ2) is 8.41. The minimum absolute atomic E-state index is 0.205. The van der Waals surface area contributed by atoms with Crippen LogP contribution in [-0.2, 0) is 9.53 Å². The number of nitrogens with two attached hydrogens (primary N) is 1. The van der Waals surface area contributed by atoms with Crippen LogP contribution in [0.15, 0.2) is 0 Å². The Bertz CT molecular complexity index is 292. The highest BCUT2D eigenvalue weighted by molar-refractivity contribution is 5.75. The van der Waals surface area contributed by atoms with Crippen molar-refractivity contribution >= 4 is 5.97 Å². The molecule has 0 aliphatic carbocycles. The number of carbonyl (C=O) groups is 1. The molecule has 0 rings (SSSR count). The van der Waals surface area contributed by atoms with Crippen LogP contribution in [0.3, 0.4) is 0 Å². The molecule has 0 aromatic rings. The lowest BCUT2D eigenvalue weighted by Gasteiger charge is -2.25. The van der Waals surface area contributed by atoms with E-state index in [1.807, 2.05) is 5.73 Å². The quantitative estimate of drug-likeness (QED) is 0.244. The number of rotatable bonds is 9. The molecule has 0 aromatic heterocycles. The lowest BCUT2D eigenvalue weighted by atomic mass is 10.0. The van der Waals surface area contributed by atoms with E-state index in [1.54, 1.807) is 13.8 Å². The van der Waals surface area contributed by atoms with E-state index in [0.29, 0.717) is 0 Å². The van der Waals surface area contributed by atoms with E-state index in [-0.39, 0.29) is 5.92 Å². The SMILES string of the molecule is [2H]N[C@H](C(=O)OC[C@@H](O)[C@@H](O)[C@H](O)[C@H](O)CO)C(C)C. The van der Waals surface area contributed by atoms with Gasteiger partial charge in [-0.25, -0.2) is 0 Å². The maximum atomic E-state index is 11.6. The van der Waals surface area contributed by atoms with Crippen molar-refractivity contribution in [2.75, 3.05) is 13.2 Å². The van der Waals surface area contributed by atoms with Crippen molar-refractivity contribution in [1.29, 1.82) is 0 Å². The van der Waals surface area contributed by atoms with Crippen molar-refractivity contribution in [2.45, 2.75) is 44.3 Å². The first-order chi connectivity index (χ1) is 9.26. The van der Waals surface area contributed by atoms with E-state index in [1.165, 1.54) is 0 Å². The summed E-state index contributed by atoms with van der Waals surface area (Å²) in [5.74, 6) is -0.984. The largest absolute Gasteiger partial charge is 0.462 e. The molecule has 0 aromatic carbocycles. The second-order valence-electron chi connectivity index (χ2n) is 4.65. The summed E-state index contributed by atoms with van der Waals surface area (Å²) < 4.78 is 11.7. The monoisotopic (exact) mass is 282 g/mol. The Morgan fingerprint density at radius 3 is 2.16 bits per heavy atom. The van der Waals surface area contributed by atoms with E-state index in [4.69, 9.17) is 16.4 Å². The summed E-state index contributed by atoms with van der Waals surface area (Å²) in [4.78, 5) is 11.6. The highest BCUT2D eigenvalue weighted by Crippen LogP contribution is 2.07. The smallest absolute Gasteiger partial charge is 0.323 e. The van der Waals surface area contributed by atoms with E-state index in [9.17, 15) is 20.1 Å². The summed E-state index contributed by atoms with van der Waals surface area (Å²) in [6.45, 7) is 1.99. The summed E-state index contributed by atoms with van der Waals surface area (Å²) >= 11 is 0. The minimum atomic E-state index is -1.79. The van der Waals surface area contributed by atoms with Gasteiger partial charge in [0.2, 0.25) is 0 Å². The predicted molar refractivity (Wildman–Crippen MR) is 64.9 cm³/mol. The van der Waals surface area contributed by atoms with E-state index in [2.05, 4.69) is 0 Å². The van der Waals surface area contributed by atoms with Gasteiger partial charge in [0.15, 0.2) is 0 Å². The van der Waals surface area contributed by atoms with Gasteiger partial charge in [0.1, 0.15) is 38.5 Å².